The quantitative estimate of drug-likeness (QED) is 0.529. The van der Waals surface area contributed by atoms with Crippen molar-refractivity contribution in [3.8, 4) is 0 Å². The lowest BCUT2D eigenvalue weighted by molar-refractivity contribution is -0.0591. The van der Waals surface area contributed by atoms with Crippen LogP contribution < -0.4 is 0 Å². The van der Waals surface area contributed by atoms with E-state index in [9.17, 15) is 0 Å². The Morgan fingerprint density at radius 3 is 2.00 bits per heavy atom. The largest absolute Gasteiger partial charge is 0.379 e. The van der Waals surface area contributed by atoms with Crippen LogP contribution in [0.1, 0.15) is 74.1 Å². The topological polar surface area (TPSA) is 24.9 Å². The summed E-state index contributed by atoms with van der Waals surface area (Å²) in [7, 11) is 0. The van der Waals surface area contributed by atoms with Gasteiger partial charge in [0, 0.05) is 49.3 Å². The number of rotatable bonds is 7. The molecule has 2 aliphatic heterocycles. The van der Waals surface area contributed by atoms with Crippen molar-refractivity contribution in [3.63, 3.8) is 0 Å². The lowest BCUT2D eigenvalue weighted by atomic mass is 9.64. The predicted octanol–water partition coefficient (Wildman–Crippen LogP) is 5.16. The maximum atomic E-state index is 5.72. The van der Waals surface area contributed by atoms with Gasteiger partial charge in [-0.2, -0.15) is 11.8 Å². The first kappa shape index (κ1) is 25.8. The van der Waals surface area contributed by atoms with E-state index < -0.39 is 0 Å². The van der Waals surface area contributed by atoms with E-state index in [0.717, 1.165) is 52.6 Å². The number of morpholine rings is 2. The van der Waals surface area contributed by atoms with Crippen molar-refractivity contribution in [2.24, 2.45) is 16.2 Å². The first-order valence-electron chi connectivity index (χ1n) is 12.8. The fourth-order valence-electron chi connectivity index (χ4n) is 6.77. The van der Waals surface area contributed by atoms with Crippen LogP contribution in [0.2, 0.25) is 0 Å². The summed E-state index contributed by atoms with van der Waals surface area (Å²) in [5.41, 5.74) is 1.18. The predicted molar refractivity (Wildman–Crippen MR) is 134 cm³/mol. The van der Waals surface area contributed by atoms with Crippen molar-refractivity contribution < 1.29 is 9.47 Å². The van der Waals surface area contributed by atoms with Crippen LogP contribution in [-0.2, 0) is 9.47 Å². The second-order valence-corrected chi connectivity index (χ2v) is 13.2. The van der Waals surface area contributed by atoms with E-state index in [1.807, 2.05) is 0 Å². The Kier molecular flexibility index (Phi) is 8.50. The van der Waals surface area contributed by atoms with Crippen molar-refractivity contribution in [1.29, 1.82) is 0 Å². The molecule has 1 saturated carbocycles. The van der Waals surface area contributed by atoms with Gasteiger partial charge in [-0.15, -0.1) is 0 Å². The van der Waals surface area contributed by atoms with Gasteiger partial charge in [0.1, 0.15) is 0 Å². The molecule has 2 saturated heterocycles. The first-order chi connectivity index (χ1) is 14.6. The molecule has 3 aliphatic rings. The third-order valence-corrected chi connectivity index (χ3v) is 10.4. The fraction of sp³-hybridized carbons (Fsp3) is 1.00. The highest BCUT2D eigenvalue weighted by molar-refractivity contribution is 7.99. The van der Waals surface area contributed by atoms with Crippen molar-refractivity contribution in [1.82, 2.24) is 9.80 Å². The zero-order valence-corrected chi connectivity index (χ0v) is 22.4. The zero-order valence-electron chi connectivity index (χ0n) is 21.6. The molecule has 0 amide bonds. The third-order valence-electron chi connectivity index (χ3n) is 9.02. The molecule has 0 aromatic carbocycles. The molecule has 0 N–H and O–H groups in total. The molecule has 182 valence electrons. The maximum Gasteiger partial charge on any atom is 0.0594 e. The number of hydrogen-bond donors (Lipinski definition) is 0. The Hall–Kier alpha value is 0.190. The van der Waals surface area contributed by atoms with Gasteiger partial charge < -0.3 is 9.47 Å². The zero-order chi connectivity index (χ0) is 22.8. The van der Waals surface area contributed by atoms with Gasteiger partial charge in [0.25, 0.3) is 0 Å². The highest BCUT2D eigenvalue weighted by Crippen LogP contribution is 2.55. The van der Waals surface area contributed by atoms with Gasteiger partial charge in [0.2, 0.25) is 0 Å². The minimum atomic E-state index is 0.230. The van der Waals surface area contributed by atoms with Crippen LogP contribution in [0.15, 0.2) is 0 Å². The van der Waals surface area contributed by atoms with Crippen molar-refractivity contribution >= 4 is 11.8 Å². The number of thioether (sulfide) groups is 1. The molecule has 0 bridgehead atoms. The van der Waals surface area contributed by atoms with Gasteiger partial charge in [-0.1, -0.05) is 54.9 Å². The fourth-order valence-corrected chi connectivity index (χ4v) is 9.16. The smallest absolute Gasteiger partial charge is 0.0594 e. The summed E-state index contributed by atoms with van der Waals surface area (Å²) in [5.74, 6) is 2.50. The van der Waals surface area contributed by atoms with Gasteiger partial charge in [0.05, 0.1) is 26.4 Å². The molecule has 0 radical (unpaired) electrons. The van der Waals surface area contributed by atoms with Crippen LogP contribution in [-0.4, -0.2) is 85.5 Å². The molecule has 0 spiro atoms. The van der Waals surface area contributed by atoms with Crippen LogP contribution in [0.3, 0.4) is 0 Å². The highest BCUT2D eigenvalue weighted by Gasteiger charge is 2.53. The van der Waals surface area contributed by atoms with Gasteiger partial charge >= 0.3 is 0 Å². The summed E-state index contributed by atoms with van der Waals surface area (Å²) in [6.45, 7) is 25.3. The number of nitrogens with zero attached hydrogens (tertiary/aromatic N) is 2. The summed E-state index contributed by atoms with van der Waals surface area (Å²) < 4.78 is 11.4. The molecular formula is C26H50N2O2S. The van der Waals surface area contributed by atoms with E-state index in [2.05, 4.69) is 70.0 Å². The lowest BCUT2D eigenvalue weighted by Crippen LogP contribution is -2.62. The monoisotopic (exact) mass is 454 g/mol. The molecule has 1 aliphatic carbocycles. The van der Waals surface area contributed by atoms with E-state index in [4.69, 9.17) is 9.47 Å². The number of hydrogen-bond acceptors (Lipinski definition) is 5. The van der Waals surface area contributed by atoms with E-state index in [1.54, 1.807) is 0 Å². The van der Waals surface area contributed by atoms with Gasteiger partial charge in [-0.05, 0) is 35.5 Å². The molecule has 2 heterocycles. The average Bonchev–Trinajstić information content (AvgIpc) is 3.17. The molecule has 0 aromatic rings. The van der Waals surface area contributed by atoms with Gasteiger partial charge in [-0.3, -0.25) is 9.80 Å². The van der Waals surface area contributed by atoms with Crippen molar-refractivity contribution in [3.05, 3.63) is 0 Å². The van der Waals surface area contributed by atoms with E-state index in [0.29, 0.717) is 16.9 Å². The second kappa shape index (κ2) is 10.2. The van der Waals surface area contributed by atoms with Crippen LogP contribution in [0.5, 0.6) is 0 Å². The Morgan fingerprint density at radius 1 is 0.903 bits per heavy atom. The summed E-state index contributed by atoms with van der Waals surface area (Å²) in [5, 5.41) is 0. The summed E-state index contributed by atoms with van der Waals surface area (Å²) >= 11 is 2.26. The summed E-state index contributed by atoms with van der Waals surface area (Å²) in [6.07, 6.45) is 5.32. The molecule has 4 nitrogen and oxygen atoms in total. The minimum Gasteiger partial charge on any atom is -0.379 e. The van der Waals surface area contributed by atoms with Gasteiger partial charge in [0.15, 0.2) is 0 Å². The highest BCUT2D eigenvalue weighted by atomic mass is 32.2. The van der Waals surface area contributed by atoms with E-state index in [-0.39, 0.29) is 11.0 Å². The van der Waals surface area contributed by atoms with Gasteiger partial charge in [-0.25, -0.2) is 0 Å². The summed E-state index contributed by atoms with van der Waals surface area (Å²) in [6, 6.07) is 0.706. The van der Waals surface area contributed by atoms with Crippen LogP contribution >= 0.6 is 11.8 Å². The van der Waals surface area contributed by atoms with Crippen molar-refractivity contribution in [2.45, 2.75) is 85.7 Å². The number of ether oxygens (including phenoxy) is 2. The molecule has 31 heavy (non-hydrogen) atoms. The molecule has 0 aromatic heterocycles. The van der Waals surface area contributed by atoms with Crippen molar-refractivity contribution in [2.75, 3.05) is 64.1 Å². The third kappa shape index (κ3) is 5.16. The van der Waals surface area contributed by atoms with E-state index in [1.165, 1.54) is 37.2 Å². The molecule has 3 rings (SSSR count). The van der Waals surface area contributed by atoms with Crippen LogP contribution in [0.25, 0.3) is 0 Å². The summed E-state index contributed by atoms with van der Waals surface area (Å²) in [4.78, 5) is 5.54. The normalized spacial score (nSPS) is 31.6. The average molecular weight is 455 g/mol. The Balaban J connectivity index is 1.79. The molecule has 5 heteroatoms. The minimum absolute atomic E-state index is 0.230. The molecular weight excluding hydrogens is 404 g/mol. The SMILES string of the molecule is CCC(CSCC1(C(C)(C)C)CCCC1N1CCOCC1)(N1CCOCC1)C(C)(C)C. The molecule has 3 unspecified atom stereocenters. The lowest BCUT2D eigenvalue weighted by Gasteiger charge is -2.55. The maximum absolute atomic E-state index is 5.72. The Labute approximate surface area is 197 Å². The van der Waals surface area contributed by atoms with Crippen LogP contribution in [0, 0.1) is 16.2 Å². The molecule has 3 fully saturated rings. The standard InChI is InChI=1S/C26H50N2O2S/c1-8-26(24(5,6)7,28-14-18-30-19-15-28)21-31-20-25(23(2,3)4)11-9-10-22(25)27-12-16-29-17-13-27/h22H,8-21H2,1-7H3. The Bertz CT molecular complexity index is 561. The second-order valence-electron chi connectivity index (χ2n) is 12.2. The molecule has 3 atom stereocenters. The Morgan fingerprint density at radius 2 is 1.48 bits per heavy atom. The van der Waals surface area contributed by atoms with Crippen LogP contribution in [0.4, 0.5) is 0 Å². The van der Waals surface area contributed by atoms with E-state index >= 15 is 0 Å². The first-order valence-corrected chi connectivity index (χ1v) is 14.0.